The average Bonchev–Trinajstić information content (AvgIpc) is 2.41. The van der Waals surface area contributed by atoms with Gasteiger partial charge in [-0.15, -0.1) is 0 Å². The standard InChI is InChI=1S/C15H22N2O2/c1-12-6-8-17(9-7-12)10-11-19-14-4-2-13(3-5-14)15(16)18/h2-5,12H,6-11H2,1H3,(H2,16,18). The lowest BCUT2D eigenvalue weighted by molar-refractivity contribution is 0.1000. The van der Waals surface area contributed by atoms with Gasteiger partial charge in [-0.1, -0.05) is 6.92 Å². The third-order valence-electron chi connectivity index (χ3n) is 3.69. The Balaban J connectivity index is 1.72. The van der Waals surface area contributed by atoms with E-state index in [-0.39, 0.29) is 0 Å². The predicted octanol–water partition coefficient (Wildman–Crippen LogP) is 1.90. The minimum absolute atomic E-state index is 0.408. The summed E-state index contributed by atoms with van der Waals surface area (Å²) >= 11 is 0. The quantitative estimate of drug-likeness (QED) is 0.881. The van der Waals surface area contributed by atoms with E-state index in [9.17, 15) is 4.79 Å². The normalized spacial score (nSPS) is 17.3. The third-order valence-corrected chi connectivity index (χ3v) is 3.69. The van der Waals surface area contributed by atoms with E-state index in [2.05, 4.69) is 11.8 Å². The van der Waals surface area contributed by atoms with Crippen molar-refractivity contribution in [1.29, 1.82) is 0 Å². The van der Waals surface area contributed by atoms with Crippen LogP contribution in [0.25, 0.3) is 0 Å². The van der Waals surface area contributed by atoms with Crippen LogP contribution >= 0.6 is 0 Å². The van der Waals surface area contributed by atoms with Gasteiger partial charge in [0, 0.05) is 12.1 Å². The molecule has 0 atom stereocenters. The number of ether oxygens (including phenoxy) is 1. The number of likely N-dealkylation sites (tertiary alicyclic amines) is 1. The number of nitrogens with two attached hydrogens (primary N) is 1. The summed E-state index contributed by atoms with van der Waals surface area (Å²) in [5.74, 6) is 1.24. The monoisotopic (exact) mass is 262 g/mol. The van der Waals surface area contributed by atoms with Crippen LogP contribution in [0.3, 0.4) is 0 Å². The first kappa shape index (κ1) is 13.9. The van der Waals surface area contributed by atoms with Crippen molar-refractivity contribution < 1.29 is 9.53 Å². The van der Waals surface area contributed by atoms with E-state index < -0.39 is 5.91 Å². The third kappa shape index (κ3) is 4.24. The molecule has 0 spiro atoms. The van der Waals surface area contributed by atoms with Crippen molar-refractivity contribution in [2.75, 3.05) is 26.2 Å². The number of carbonyl (C=O) groups is 1. The highest BCUT2D eigenvalue weighted by Crippen LogP contribution is 2.16. The molecule has 0 aliphatic carbocycles. The molecule has 1 aliphatic rings. The van der Waals surface area contributed by atoms with Crippen LogP contribution in [0, 0.1) is 5.92 Å². The van der Waals surface area contributed by atoms with E-state index in [1.165, 1.54) is 25.9 Å². The SMILES string of the molecule is CC1CCN(CCOc2ccc(C(N)=O)cc2)CC1. The van der Waals surface area contributed by atoms with Crippen molar-refractivity contribution in [3.05, 3.63) is 29.8 Å². The Bertz CT molecular complexity index is 409. The molecule has 0 radical (unpaired) electrons. The number of rotatable bonds is 5. The van der Waals surface area contributed by atoms with Gasteiger partial charge in [0.1, 0.15) is 12.4 Å². The van der Waals surface area contributed by atoms with Gasteiger partial charge in [-0.05, 0) is 56.1 Å². The lowest BCUT2D eigenvalue weighted by Gasteiger charge is -2.29. The summed E-state index contributed by atoms with van der Waals surface area (Å²) in [5, 5.41) is 0. The van der Waals surface area contributed by atoms with Gasteiger partial charge < -0.3 is 10.5 Å². The number of primary amides is 1. The lowest BCUT2D eigenvalue weighted by atomic mass is 9.99. The van der Waals surface area contributed by atoms with Crippen molar-refractivity contribution in [1.82, 2.24) is 4.90 Å². The van der Waals surface area contributed by atoms with E-state index >= 15 is 0 Å². The highest BCUT2D eigenvalue weighted by molar-refractivity contribution is 5.92. The molecule has 2 rings (SSSR count). The van der Waals surface area contributed by atoms with Crippen molar-refractivity contribution in [2.24, 2.45) is 11.7 Å². The Kier molecular flexibility index (Phi) is 4.80. The topological polar surface area (TPSA) is 55.6 Å². The summed E-state index contributed by atoms with van der Waals surface area (Å²) in [6.07, 6.45) is 2.57. The van der Waals surface area contributed by atoms with Crippen molar-refractivity contribution in [3.8, 4) is 5.75 Å². The van der Waals surface area contributed by atoms with E-state index in [0.29, 0.717) is 12.2 Å². The van der Waals surface area contributed by atoms with Crippen molar-refractivity contribution in [3.63, 3.8) is 0 Å². The molecule has 1 aliphatic heterocycles. The van der Waals surface area contributed by atoms with Gasteiger partial charge in [-0.25, -0.2) is 0 Å². The summed E-state index contributed by atoms with van der Waals surface area (Å²) in [4.78, 5) is 13.4. The van der Waals surface area contributed by atoms with Crippen LogP contribution in [0.15, 0.2) is 24.3 Å². The highest BCUT2D eigenvalue weighted by atomic mass is 16.5. The smallest absolute Gasteiger partial charge is 0.248 e. The molecule has 1 fully saturated rings. The van der Waals surface area contributed by atoms with E-state index in [1.807, 2.05) is 0 Å². The maximum atomic E-state index is 10.9. The molecule has 4 nitrogen and oxygen atoms in total. The first-order valence-electron chi connectivity index (χ1n) is 6.90. The molecule has 0 bridgehead atoms. The van der Waals surface area contributed by atoms with Crippen LogP contribution in [0.5, 0.6) is 5.75 Å². The molecule has 4 heteroatoms. The van der Waals surface area contributed by atoms with Crippen molar-refractivity contribution in [2.45, 2.75) is 19.8 Å². The van der Waals surface area contributed by atoms with Gasteiger partial charge in [0.05, 0.1) is 0 Å². The zero-order valence-electron chi connectivity index (χ0n) is 11.5. The molecule has 0 saturated carbocycles. The summed E-state index contributed by atoms with van der Waals surface area (Å²) in [5.41, 5.74) is 5.70. The minimum atomic E-state index is -0.408. The Hall–Kier alpha value is -1.55. The largest absolute Gasteiger partial charge is 0.492 e. The van der Waals surface area contributed by atoms with Crippen LogP contribution in [0.1, 0.15) is 30.1 Å². The molecular weight excluding hydrogens is 240 g/mol. The first-order chi connectivity index (χ1) is 9.15. The van der Waals surface area contributed by atoms with Gasteiger partial charge in [0.2, 0.25) is 5.91 Å². The summed E-state index contributed by atoms with van der Waals surface area (Å²) in [6.45, 7) is 6.30. The maximum Gasteiger partial charge on any atom is 0.248 e. The van der Waals surface area contributed by atoms with Gasteiger partial charge in [-0.2, -0.15) is 0 Å². The van der Waals surface area contributed by atoms with Crippen LogP contribution in [0.2, 0.25) is 0 Å². The zero-order chi connectivity index (χ0) is 13.7. The van der Waals surface area contributed by atoms with Crippen molar-refractivity contribution >= 4 is 5.91 Å². The molecule has 19 heavy (non-hydrogen) atoms. The molecule has 1 amide bonds. The Labute approximate surface area is 114 Å². The minimum Gasteiger partial charge on any atom is -0.492 e. The number of benzene rings is 1. The molecular formula is C15H22N2O2. The lowest BCUT2D eigenvalue weighted by Crippen LogP contribution is -2.35. The van der Waals surface area contributed by atoms with Gasteiger partial charge in [0.15, 0.2) is 0 Å². The van der Waals surface area contributed by atoms with Crippen LogP contribution in [-0.4, -0.2) is 37.0 Å². The number of amides is 1. The number of hydrogen-bond donors (Lipinski definition) is 1. The Morgan fingerprint density at radius 3 is 2.53 bits per heavy atom. The van der Waals surface area contributed by atoms with E-state index in [4.69, 9.17) is 10.5 Å². The second kappa shape index (κ2) is 6.57. The number of piperidine rings is 1. The molecule has 1 saturated heterocycles. The summed E-state index contributed by atoms with van der Waals surface area (Å²) in [7, 11) is 0. The summed E-state index contributed by atoms with van der Waals surface area (Å²) < 4.78 is 5.68. The zero-order valence-corrected chi connectivity index (χ0v) is 11.5. The van der Waals surface area contributed by atoms with E-state index in [0.717, 1.165) is 18.2 Å². The van der Waals surface area contributed by atoms with Gasteiger partial charge in [0.25, 0.3) is 0 Å². The molecule has 0 aromatic heterocycles. The first-order valence-corrected chi connectivity index (χ1v) is 6.90. The average molecular weight is 262 g/mol. The fraction of sp³-hybridized carbons (Fsp3) is 0.533. The van der Waals surface area contributed by atoms with Gasteiger partial charge >= 0.3 is 0 Å². The molecule has 104 valence electrons. The molecule has 0 unspecified atom stereocenters. The molecule has 2 N–H and O–H groups in total. The fourth-order valence-electron chi connectivity index (χ4n) is 2.29. The summed E-state index contributed by atoms with van der Waals surface area (Å²) in [6, 6.07) is 6.97. The fourth-order valence-corrected chi connectivity index (χ4v) is 2.29. The van der Waals surface area contributed by atoms with Crippen LogP contribution < -0.4 is 10.5 Å². The van der Waals surface area contributed by atoms with E-state index in [1.54, 1.807) is 24.3 Å². The van der Waals surface area contributed by atoms with Crippen LogP contribution in [0.4, 0.5) is 0 Å². The van der Waals surface area contributed by atoms with Gasteiger partial charge in [-0.3, -0.25) is 9.69 Å². The van der Waals surface area contributed by atoms with Crippen LogP contribution in [-0.2, 0) is 0 Å². The molecule has 1 aromatic rings. The second-order valence-corrected chi connectivity index (χ2v) is 5.26. The number of carbonyl (C=O) groups excluding carboxylic acids is 1. The highest BCUT2D eigenvalue weighted by Gasteiger charge is 2.15. The Morgan fingerprint density at radius 1 is 1.32 bits per heavy atom. The second-order valence-electron chi connectivity index (χ2n) is 5.26. The number of hydrogen-bond acceptors (Lipinski definition) is 3. The predicted molar refractivity (Wildman–Crippen MR) is 75.3 cm³/mol. The molecule has 1 heterocycles. The number of nitrogens with zero attached hydrogens (tertiary/aromatic N) is 1. The Morgan fingerprint density at radius 2 is 1.95 bits per heavy atom. The molecule has 1 aromatic carbocycles. The maximum absolute atomic E-state index is 10.9.